The van der Waals surface area contributed by atoms with Gasteiger partial charge in [0.1, 0.15) is 11.9 Å². The fourth-order valence-corrected chi connectivity index (χ4v) is 3.87. The molecular weight excluding hydrogens is 391 g/mol. The highest BCUT2D eigenvalue weighted by atomic mass is 35.5. The second kappa shape index (κ2) is 9.40. The Hall–Kier alpha value is -2.40. The van der Waals surface area contributed by atoms with Crippen LogP contribution in [0.5, 0.6) is 0 Å². The minimum Gasteiger partial charge on any atom is -0.341 e. The zero-order valence-electron chi connectivity index (χ0n) is 16.7. The van der Waals surface area contributed by atoms with E-state index in [0.717, 1.165) is 12.8 Å². The summed E-state index contributed by atoms with van der Waals surface area (Å²) in [5.74, 6) is -0.983. The number of nitrogens with zero attached hydrogens (tertiary/aromatic N) is 1. The molecule has 1 N–H and O–H groups in total. The first-order valence-corrected chi connectivity index (χ1v) is 10.3. The summed E-state index contributed by atoms with van der Waals surface area (Å²) < 4.78 is 13.9. The molecular formula is C23H26ClFN2O2. The Bertz CT molecular complexity index is 861. The maximum absolute atomic E-state index is 13.9. The van der Waals surface area contributed by atoms with Gasteiger partial charge in [0.2, 0.25) is 5.91 Å². The number of piperidine rings is 1. The third-order valence-electron chi connectivity index (χ3n) is 5.49. The maximum Gasteiger partial charge on any atom is 0.254 e. The molecule has 1 heterocycles. The molecule has 0 bridgehead atoms. The monoisotopic (exact) mass is 416 g/mol. The van der Waals surface area contributed by atoms with Gasteiger partial charge in [0.25, 0.3) is 5.91 Å². The van der Waals surface area contributed by atoms with Gasteiger partial charge in [-0.05, 0) is 54.5 Å². The molecule has 0 radical (unpaired) electrons. The number of likely N-dealkylation sites (tertiary alicyclic amines) is 1. The van der Waals surface area contributed by atoms with Crippen molar-refractivity contribution in [3.8, 4) is 0 Å². The molecule has 1 atom stereocenters. The fourth-order valence-electron chi connectivity index (χ4n) is 3.74. The summed E-state index contributed by atoms with van der Waals surface area (Å²) in [5, 5.41) is 3.45. The molecule has 1 unspecified atom stereocenters. The summed E-state index contributed by atoms with van der Waals surface area (Å²) in [4.78, 5) is 27.4. The quantitative estimate of drug-likeness (QED) is 0.771. The molecule has 0 aromatic heterocycles. The summed E-state index contributed by atoms with van der Waals surface area (Å²) in [5.41, 5.74) is 1.18. The Morgan fingerprint density at radius 2 is 1.69 bits per heavy atom. The van der Waals surface area contributed by atoms with Gasteiger partial charge >= 0.3 is 0 Å². The minimum absolute atomic E-state index is 0.0487. The molecule has 1 aliphatic rings. The SMILES string of the molecule is CC(C)C(NC(=O)c1ccccc1F)C(=O)N1CCC(c2ccc(Cl)cc2)CC1. The fraction of sp³-hybridized carbons (Fsp3) is 0.391. The Morgan fingerprint density at radius 1 is 1.07 bits per heavy atom. The van der Waals surface area contributed by atoms with Gasteiger partial charge in [-0.1, -0.05) is 49.7 Å². The predicted molar refractivity (Wildman–Crippen MR) is 112 cm³/mol. The summed E-state index contributed by atoms with van der Waals surface area (Å²) in [7, 11) is 0. The van der Waals surface area contributed by atoms with Gasteiger partial charge < -0.3 is 10.2 Å². The van der Waals surface area contributed by atoms with E-state index in [2.05, 4.69) is 5.32 Å². The van der Waals surface area contributed by atoms with Crippen molar-refractivity contribution in [3.63, 3.8) is 0 Å². The van der Waals surface area contributed by atoms with E-state index in [9.17, 15) is 14.0 Å². The van der Waals surface area contributed by atoms with Crippen molar-refractivity contribution < 1.29 is 14.0 Å². The van der Waals surface area contributed by atoms with Crippen molar-refractivity contribution in [2.45, 2.75) is 38.6 Å². The van der Waals surface area contributed by atoms with Crippen LogP contribution in [0.4, 0.5) is 4.39 Å². The van der Waals surface area contributed by atoms with Crippen LogP contribution < -0.4 is 5.32 Å². The van der Waals surface area contributed by atoms with Crippen molar-refractivity contribution in [2.24, 2.45) is 5.92 Å². The number of nitrogens with one attached hydrogen (secondary N) is 1. The van der Waals surface area contributed by atoms with Crippen LogP contribution in [0.2, 0.25) is 5.02 Å². The van der Waals surface area contributed by atoms with Gasteiger partial charge in [-0.3, -0.25) is 9.59 Å². The summed E-state index contributed by atoms with van der Waals surface area (Å²) in [6, 6.07) is 13.0. The van der Waals surface area contributed by atoms with Crippen LogP contribution in [-0.4, -0.2) is 35.8 Å². The summed E-state index contributed by atoms with van der Waals surface area (Å²) >= 11 is 5.96. The Morgan fingerprint density at radius 3 is 2.28 bits per heavy atom. The van der Waals surface area contributed by atoms with E-state index in [4.69, 9.17) is 11.6 Å². The molecule has 29 heavy (non-hydrogen) atoms. The van der Waals surface area contributed by atoms with E-state index in [1.807, 2.05) is 38.1 Å². The highest BCUT2D eigenvalue weighted by Crippen LogP contribution is 2.29. The van der Waals surface area contributed by atoms with E-state index in [1.165, 1.54) is 23.8 Å². The average molecular weight is 417 g/mol. The molecule has 3 rings (SSSR count). The molecule has 0 spiro atoms. The molecule has 4 nitrogen and oxygen atoms in total. The van der Waals surface area contributed by atoms with Crippen LogP contribution in [0.3, 0.4) is 0 Å². The van der Waals surface area contributed by atoms with E-state index in [0.29, 0.717) is 24.0 Å². The van der Waals surface area contributed by atoms with E-state index in [1.54, 1.807) is 11.0 Å². The lowest BCUT2D eigenvalue weighted by Crippen LogP contribution is -2.53. The van der Waals surface area contributed by atoms with Gasteiger partial charge in [-0.15, -0.1) is 0 Å². The van der Waals surface area contributed by atoms with Crippen LogP contribution >= 0.6 is 11.6 Å². The second-order valence-corrected chi connectivity index (χ2v) is 8.26. The molecule has 0 aliphatic carbocycles. The standard InChI is InChI=1S/C23H26ClFN2O2/c1-15(2)21(26-22(28)19-5-3-4-6-20(19)25)23(29)27-13-11-17(12-14-27)16-7-9-18(24)10-8-16/h3-10,15,17,21H,11-14H2,1-2H3,(H,26,28). The highest BCUT2D eigenvalue weighted by Gasteiger charge is 2.32. The van der Waals surface area contributed by atoms with Crippen LogP contribution in [0.1, 0.15) is 48.5 Å². The molecule has 154 valence electrons. The van der Waals surface area contributed by atoms with Gasteiger partial charge in [0.05, 0.1) is 5.56 Å². The lowest BCUT2D eigenvalue weighted by molar-refractivity contribution is -0.135. The number of rotatable bonds is 5. The molecule has 1 saturated heterocycles. The van der Waals surface area contributed by atoms with Crippen LogP contribution in [0.25, 0.3) is 0 Å². The predicted octanol–water partition coefficient (Wildman–Crippen LogP) is 4.64. The van der Waals surface area contributed by atoms with E-state index < -0.39 is 17.8 Å². The first kappa shape index (κ1) is 21.3. The third-order valence-corrected chi connectivity index (χ3v) is 5.74. The Kier molecular flexibility index (Phi) is 6.91. The molecule has 0 saturated carbocycles. The van der Waals surface area contributed by atoms with E-state index in [-0.39, 0.29) is 17.4 Å². The zero-order chi connectivity index (χ0) is 21.0. The number of amides is 2. The van der Waals surface area contributed by atoms with Crippen molar-refractivity contribution in [3.05, 3.63) is 70.5 Å². The topological polar surface area (TPSA) is 49.4 Å². The number of hydrogen-bond donors (Lipinski definition) is 1. The van der Waals surface area contributed by atoms with Crippen molar-refractivity contribution in [2.75, 3.05) is 13.1 Å². The number of halogens is 2. The van der Waals surface area contributed by atoms with Crippen LogP contribution in [0.15, 0.2) is 48.5 Å². The van der Waals surface area contributed by atoms with Gasteiger partial charge in [0, 0.05) is 18.1 Å². The molecule has 6 heteroatoms. The van der Waals surface area contributed by atoms with Gasteiger partial charge in [-0.25, -0.2) is 4.39 Å². The number of hydrogen-bond acceptors (Lipinski definition) is 2. The average Bonchev–Trinajstić information content (AvgIpc) is 2.72. The number of carbonyl (C=O) groups excluding carboxylic acids is 2. The largest absolute Gasteiger partial charge is 0.341 e. The smallest absolute Gasteiger partial charge is 0.254 e. The zero-order valence-corrected chi connectivity index (χ0v) is 17.5. The lowest BCUT2D eigenvalue weighted by atomic mass is 9.89. The first-order chi connectivity index (χ1) is 13.9. The molecule has 1 aliphatic heterocycles. The maximum atomic E-state index is 13.9. The Labute approximate surface area is 176 Å². The second-order valence-electron chi connectivity index (χ2n) is 7.83. The molecule has 2 aromatic rings. The first-order valence-electron chi connectivity index (χ1n) is 9.96. The third kappa shape index (κ3) is 5.15. The normalized spacial score (nSPS) is 16.0. The lowest BCUT2D eigenvalue weighted by Gasteiger charge is -2.35. The summed E-state index contributed by atoms with van der Waals surface area (Å²) in [6.45, 7) is 5.02. The summed E-state index contributed by atoms with van der Waals surface area (Å²) in [6.07, 6.45) is 1.72. The van der Waals surface area contributed by atoms with Crippen LogP contribution in [-0.2, 0) is 4.79 Å². The minimum atomic E-state index is -0.686. The number of carbonyl (C=O) groups is 2. The molecule has 2 aromatic carbocycles. The van der Waals surface area contributed by atoms with Gasteiger partial charge in [-0.2, -0.15) is 0 Å². The van der Waals surface area contributed by atoms with Crippen molar-refractivity contribution in [1.82, 2.24) is 10.2 Å². The Balaban J connectivity index is 1.63. The van der Waals surface area contributed by atoms with Gasteiger partial charge in [0.15, 0.2) is 0 Å². The van der Waals surface area contributed by atoms with E-state index >= 15 is 0 Å². The van der Waals surface area contributed by atoms with Crippen molar-refractivity contribution >= 4 is 23.4 Å². The highest BCUT2D eigenvalue weighted by molar-refractivity contribution is 6.30. The molecule has 2 amide bonds. The molecule has 1 fully saturated rings. The van der Waals surface area contributed by atoms with Crippen LogP contribution in [0, 0.1) is 11.7 Å². The number of benzene rings is 2. The van der Waals surface area contributed by atoms with Crippen molar-refractivity contribution in [1.29, 1.82) is 0 Å².